The summed E-state index contributed by atoms with van der Waals surface area (Å²) in [5.41, 5.74) is 0.801. The zero-order chi connectivity index (χ0) is 16.3. The third-order valence-corrected chi connectivity index (χ3v) is 3.30. The van der Waals surface area contributed by atoms with Crippen LogP contribution in [0.1, 0.15) is 18.7 Å². The van der Waals surface area contributed by atoms with Crippen molar-refractivity contribution < 1.29 is 14.5 Å². The van der Waals surface area contributed by atoms with Gasteiger partial charge in [0.1, 0.15) is 23.7 Å². The normalized spacial score (nSPS) is 11.8. The average molecular weight is 304 g/mol. The molecule has 22 heavy (non-hydrogen) atoms. The first-order valence-corrected chi connectivity index (χ1v) is 6.57. The predicted octanol–water partition coefficient (Wildman–Crippen LogP) is 2.31. The van der Waals surface area contributed by atoms with Crippen LogP contribution in [-0.2, 0) is 4.79 Å². The number of nitrogens with zero attached hydrogens (tertiary/aromatic N) is 3. The van der Waals surface area contributed by atoms with Gasteiger partial charge in [-0.05, 0) is 26.0 Å². The first-order valence-electron chi connectivity index (χ1n) is 6.57. The highest BCUT2D eigenvalue weighted by Gasteiger charge is 2.23. The minimum Gasteiger partial charge on any atom is -0.497 e. The maximum absolute atomic E-state index is 12.3. The molecule has 1 aromatic heterocycles. The molecule has 0 aliphatic carbocycles. The highest BCUT2D eigenvalue weighted by Crippen LogP contribution is 2.22. The van der Waals surface area contributed by atoms with E-state index in [1.54, 1.807) is 38.1 Å². The van der Waals surface area contributed by atoms with Gasteiger partial charge in [-0.1, -0.05) is 6.07 Å². The fourth-order valence-corrected chi connectivity index (χ4v) is 2.04. The van der Waals surface area contributed by atoms with E-state index in [-0.39, 0.29) is 11.6 Å². The van der Waals surface area contributed by atoms with E-state index in [4.69, 9.17) is 4.74 Å². The first kappa shape index (κ1) is 15.5. The van der Waals surface area contributed by atoms with Crippen molar-refractivity contribution in [2.75, 3.05) is 12.4 Å². The second kappa shape index (κ2) is 6.25. The second-order valence-electron chi connectivity index (χ2n) is 4.71. The van der Waals surface area contributed by atoms with Gasteiger partial charge in [0.2, 0.25) is 5.91 Å². The summed E-state index contributed by atoms with van der Waals surface area (Å²) in [7, 11) is 1.54. The molecule has 1 N–H and O–H groups in total. The van der Waals surface area contributed by atoms with Gasteiger partial charge in [0.05, 0.1) is 12.0 Å². The van der Waals surface area contributed by atoms with E-state index >= 15 is 0 Å². The molecule has 0 aliphatic heterocycles. The molecule has 0 saturated carbocycles. The maximum atomic E-state index is 12.3. The molecule has 0 bridgehead atoms. The Morgan fingerprint density at radius 1 is 1.50 bits per heavy atom. The number of aromatic nitrogens is 2. The van der Waals surface area contributed by atoms with Gasteiger partial charge in [-0.25, -0.2) is 0 Å². The Labute approximate surface area is 126 Å². The largest absolute Gasteiger partial charge is 0.497 e. The van der Waals surface area contributed by atoms with Crippen LogP contribution in [0.5, 0.6) is 5.75 Å². The average Bonchev–Trinajstić information content (AvgIpc) is 2.88. The van der Waals surface area contributed by atoms with E-state index in [1.165, 1.54) is 11.8 Å². The van der Waals surface area contributed by atoms with Gasteiger partial charge in [-0.15, -0.1) is 0 Å². The Morgan fingerprint density at radius 2 is 2.23 bits per heavy atom. The van der Waals surface area contributed by atoms with Gasteiger partial charge in [0, 0.05) is 11.8 Å². The standard InChI is InChI=1S/C14H16N4O4/c1-9-13(18(20)21)8-15-17(9)10(2)14(19)16-11-5-4-6-12(7-11)22-3/h4-8,10H,1-3H3,(H,16,19). The third-order valence-electron chi connectivity index (χ3n) is 3.30. The Hall–Kier alpha value is -2.90. The lowest BCUT2D eigenvalue weighted by Crippen LogP contribution is -2.25. The molecule has 1 heterocycles. The van der Waals surface area contributed by atoms with E-state index in [9.17, 15) is 14.9 Å². The number of nitrogens with one attached hydrogen (secondary N) is 1. The molecule has 1 aromatic carbocycles. The van der Waals surface area contributed by atoms with Crippen molar-refractivity contribution in [2.45, 2.75) is 19.9 Å². The molecule has 116 valence electrons. The minimum atomic E-state index is -0.681. The smallest absolute Gasteiger partial charge is 0.309 e. The number of ether oxygens (including phenoxy) is 1. The number of nitro groups is 1. The highest BCUT2D eigenvalue weighted by molar-refractivity contribution is 5.93. The van der Waals surface area contributed by atoms with Crippen molar-refractivity contribution in [3.05, 3.63) is 46.3 Å². The quantitative estimate of drug-likeness (QED) is 0.675. The molecular weight excluding hydrogens is 288 g/mol. The Kier molecular flexibility index (Phi) is 4.40. The lowest BCUT2D eigenvalue weighted by atomic mass is 10.2. The monoisotopic (exact) mass is 304 g/mol. The predicted molar refractivity (Wildman–Crippen MR) is 80.0 cm³/mol. The van der Waals surface area contributed by atoms with Gasteiger partial charge >= 0.3 is 5.69 Å². The molecule has 1 unspecified atom stereocenters. The SMILES string of the molecule is COc1cccc(NC(=O)C(C)n2ncc([N+](=O)[O-])c2C)c1. The van der Waals surface area contributed by atoms with E-state index < -0.39 is 11.0 Å². The van der Waals surface area contributed by atoms with Crippen LogP contribution >= 0.6 is 0 Å². The van der Waals surface area contributed by atoms with Gasteiger partial charge in [-0.3, -0.25) is 19.6 Å². The molecule has 8 nitrogen and oxygen atoms in total. The summed E-state index contributed by atoms with van der Waals surface area (Å²) < 4.78 is 6.41. The zero-order valence-electron chi connectivity index (χ0n) is 12.4. The number of hydrogen-bond donors (Lipinski definition) is 1. The van der Waals surface area contributed by atoms with Crippen molar-refractivity contribution in [2.24, 2.45) is 0 Å². The molecule has 0 radical (unpaired) electrons. The van der Waals surface area contributed by atoms with Crippen LogP contribution in [0, 0.1) is 17.0 Å². The topological polar surface area (TPSA) is 99.3 Å². The van der Waals surface area contributed by atoms with Gasteiger partial charge in [0.25, 0.3) is 0 Å². The molecule has 0 fully saturated rings. The van der Waals surface area contributed by atoms with Crippen LogP contribution in [0.4, 0.5) is 11.4 Å². The summed E-state index contributed by atoms with van der Waals surface area (Å²) in [6, 6.07) is 6.25. The van der Waals surface area contributed by atoms with Crippen LogP contribution in [0.3, 0.4) is 0 Å². The molecule has 0 saturated heterocycles. The summed E-state index contributed by atoms with van der Waals surface area (Å²) in [6.07, 6.45) is 1.14. The summed E-state index contributed by atoms with van der Waals surface area (Å²) in [6.45, 7) is 3.18. The third kappa shape index (κ3) is 3.05. The Bertz CT molecular complexity index is 711. The maximum Gasteiger partial charge on any atom is 0.309 e. The van der Waals surface area contributed by atoms with Crippen molar-refractivity contribution in [1.29, 1.82) is 0 Å². The number of carbonyl (C=O) groups is 1. The number of methoxy groups -OCH3 is 1. The number of carbonyl (C=O) groups excluding carboxylic acids is 1. The molecule has 2 rings (SSSR count). The van der Waals surface area contributed by atoms with Gasteiger partial charge < -0.3 is 10.1 Å². The highest BCUT2D eigenvalue weighted by atomic mass is 16.6. The number of anilines is 1. The van der Waals surface area contributed by atoms with Crippen LogP contribution in [0.2, 0.25) is 0 Å². The molecule has 2 aromatic rings. The van der Waals surface area contributed by atoms with Gasteiger partial charge in [0.15, 0.2) is 0 Å². The fourth-order valence-electron chi connectivity index (χ4n) is 2.04. The Balaban J connectivity index is 2.17. The number of amides is 1. The van der Waals surface area contributed by atoms with Crippen molar-refractivity contribution in [3.63, 3.8) is 0 Å². The van der Waals surface area contributed by atoms with Crippen molar-refractivity contribution >= 4 is 17.3 Å². The minimum absolute atomic E-state index is 0.110. The number of benzene rings is 1. The number of hydrogen-bond acceptors (Lipinski definition) is 5. The molecular formula is C14H16N4O4. The van der Waals surface area contributed by atoms with E-state index in [0.29, 0.717) is 17.1 Å². The molecule has 1 amide bonds. The first-order chi connectivity index (χ1) is 10.4. The molecule has 0 spiro atoms. The molecule has 0 aliphatic rings. The summed E-state index contributed by atoms with van der Waals surface area (Å²) in [5.74, 6) is 0.297. The number of rotatable bonds is 5. The molecule has 1 atom stereocenters. The summed E-state index contributed by atoms with van der Waals surface area (Å²) in [5, 5.41) is 17.5. The van der Waals surface area contributed by atoms with Crippen LogP contribution in [-0.4, -0.2) is 27.7 Å². The lowest BCUT2D eigenvalue weighted by Gasteiger charge is -2.14. The van der Waals surface area contributed by atoms with Crippen molar-refractivity contribution in [3.8, 4) is 5.75 Å². The summed E-state index contributed by atoms with van der Waals surface area (Å²) in [4.78, 5) is 22.6. The molecule has 8 heteroatoms. The van der Waals surface area contributed by atoms with Crippen LogP contribution < -0.4 is 10.1 Å². The van der Waals surface area contributed by atoms with Crippen LogP contribution in [0.25, 0.3) is 0 Å². The lowest BCUT2D eigenvalue weighted by molar-refractivity contribution is -0.385. The van der Waals surface area contributed by atoms with E-state index in [2.05, 4.69) is 10.4 Å². The van der Waals surface area contributed by atoms with E-state index in [0.717, 1.165) is 6.20 Å². The van der Waals surface area contributed by atoms with Gasteiger partial charge in [-0.2, -0.15) is 5.10 Å². The fraction of sp³-hybridized carbons (Fsp3) is 0.286. The Morgan fingerprint density at radius 3 is 2.82 bits per heavy atom. The van der Waals surface area contributed by atoms with Crippen LogP contribution in [0.15, 0.2) is 30.5 Å². The zero-order valence-corrected chi connectivity index (χ0v) is 12.4. The summed E-state index contributed by atoms with van der Waals surface area (Å²) >= 11 is 0. The van der Waals surface area contributed by atoms with Crippen molar-refractivity contribution in [1.82, 2.24) is 9.78 Å². The second-order valence-corrected chi connectivity index (χ2v) is 4.71. The van der Waals surface area contributed by atoms with E-state index in [1.807, 2.05) is 0 Å².